The molecule has 0 unspecified atom stereocenters. The van der Waals surface area contributed by atoms with E-state index in [1.54, 1.807) is 41.5 Å². The van der Waals surface area contributed by atoms with Gasteiger partial charge in [0, 0.05) is 12.8 Å². The summed E-state index contributed by atoms with van der Waals surface area (Å²) in [5, 5.41) is 60.6. The molecule has 0 aliphatic carbocycles. The van der Waals surface area contributed by atoms with Crippen molar-refractivity contribution in [2.24, 2.45) is 35.0 Å². The maximum Gasteiger partial charge on any atom is 0.322 e. The molecule has 0 aliphatic rings. The molecule has 0 aliphatic heterocycles. The number of phenols is 1. The predicted molar refractivity (Wildman–Crippen MR) is 290 cm³/mol. The molecule has 1 aromatic rings. The number of unbranched alkanes of at least 4 members (excludes halogenated alkanes) is 2. The van der Waals surface area contributed by atoms with Crippen LogP contribution in [0.2, 0.25) is 0 Å². The van der Waals surface area contributed by atoms with Crippen LogP contribution in [0.1, 0.15) is 125 Å². The molecule has 1 aromatic carbocycles. The number of aromatic hydroxyl groups is 1. The van der Waals surface area contributed by atoms with Crippen molar-refractivity contribution in [1.29, 1.82) is 0 Å². The van der Waals surface area contributed by atoms with E-state index in [1.165, 1.54) is 31.2 Å². The van der Waals surface area contributed by atoms with E-state index in [4.69, 9.17) is 22.3 Å². The van der Waals surface area contributed by atoms with Crippen molar-refractivity contribution in [2.45, 2.75) is 180 Å². The molecule has 0 spiro atoms. The number of carboxylic acid groups (broad SMARTS) is 3. The molecule has 0 fully saturated rings. The fraction of sp³-hybridized carbons (Fsp3) is 0.654. The number of benzene rings is 1. The zero-order chi connectivity index (χ0) is 60.8. The van der Waals surface area contributed by atoms with Gasteiger partial charge < -0.3 is 85.5 Å². The van der Waals surface area contributed by atoms with E-state index in [-0.39, 0.29) is 50.3 Å². The zero-order valence-electron chi connectivity index (χ0n) is 46.8. The summed E-state index contributed by atoms with van der Waals surface area (Å²) in [6, 6.07) is -7.08. The molecular weight excluding hydrogens is 1050 g/mol. The fourth-order valence-electron chi connectivity index (χ4n) is 7.88. The molecule has 450 valence electrons. The first-order chi connectivity index (χ1) is 37.5. The Morgan fingerprint density at radius 1 is 0.500 bits per heavy atom. The van der Waals surface area contributed by atoms with Crippen LogP contribution in [0.3, 0.4) is 0 Å². The van der Waals surface area contributed by atoms with Gasteiger partial charge in [0.25, 0.3) is 0 Å². The number of carbonyl (C=O) groups excluding carboxylic acids is 9. The normalized spacial score (nSPS) is 14.9. The lowest BCUT2D eigenvalue weighted by Crippen LogP contribution is -2.62. The van der Waals surface area contributed by atoms with Crippen molar-refractivity contribution in [2.75, 3.05) is 19.6 Å². The second kappa shape index (κ2) is 36.7. The van der Waals surface area contributed by atoms with Gasteiger partial charge in [0.2, 0.25) is 53.2 Å². The van der Waals surface area contributed by atoms with Crippen LogP contribution in [0.4, 0.5) is 0 Å². The third-order valence-electron chi connectivity index (χ3n) is 12.7. The van der Waals surface area contributed by atoms with Gasteiger partial charge in [-0.1, -0.05) is 66.5 Å². The quantitative estimate of drug-likeness (QED) is 0.0308. The highest BCUT2D eigenvalue weighted by molar-refractivity contribution is 5.99. The first-order valence-electron chi connectivity index (χ1n) is 26.8. The van der Waals surface area contributed by atoms with E-state index in [0.717, 1.165) is 0 Å². The Kier molecular flexibility index (Phi) is 32.3. The van der Waals surface area contributed by atoms with Gasteiger partial charge in [-0.25, -0.2) is 0 Å². The van der Waals surface area contributed by atoms with Gasteiger partial charge in [-0.3, -0.25) is 57.5 Å². The van der Waals surface area contributed by atoms with Crippen molar-refractivity contribution < 1.29 is 78.0 Å². The Morgan fingerprint density at radius 2 is 0.988 bits per heavy atom. The number of aliphatic carboxylic acids is 3. The Morgan fingerprint density at radius 3 is 1.51 bits per heavy atom. The third kappa shape index (κ3) is 26.9. The van der Waals surface area contributed by atoms with Crippen LogP contribution < -0.4 is 65.1 Å². The largest absolute Gasteiger partial charge is 0.508 e. The highest BCUT2D eigenvalue weighted by atomic mass is 16.4. The van der Waals surface area contributed by atoms with Gasteiger partial charge in [-0.2, -0.15) is 0 Å². The molecule has 9 amide bonds. The van der Waals surface area contributed by atoms with Crippen molar-refractivity contribution in [3.63, 3.8) is 0 Å². The van der Waals surface area contributed by atoms with Gasteiger partial charge in [-0.15, -0.1) is 0 Å². The summed E-state index contributed by atoms with van der Waals surface area (Å²) < 4.78 is 0. The van der Waals surface area contributed by atoms with E-state index in [9.17, 15) is 72.9 Å². The van der Waals surface area contributed by atoms with Crippen molar-refractivity contribution in [3.8, 4) is 5.75 Å². The lowest BCUT2D eigenvalue weighted by atomic mass is 9.96. The monoisotopic (exact) mass is 1130 g/mol. The average Bonchev–Trinajstić information content (AvgIpc) is 3.38. The highest BCUT2D eigenvalue weighted by Crippen LogP contribution is 2.16. The summed E-state index contributed by atoms with van der Waals surface area (Å²) in [5.41, 5.74) is 17.5. The number of hydrogen-bond donors (Lipinski definition) is 16. The number of phenolic OH excluding ortho intramolecular Hbond substituents is 1. The van der Waals surface area contributed by atoms with E-state index in [1.807, 2.05) is 0 Å². The standard InChI is InChI=1S/C52H86N12O16/c1-8-29(6)43(52(80)62-38(25-40(68)69)49(77)59-35(19-20-39(66)67)47(75)58-34(14-10-12-22-54)46(74)56-26-41(70)71)64-50(78)37(24-31-15-17-32(65)18-16-31)60-48(76)36(23-27(2)3)61-51(79)42(28(4)5)63-44(72)30(7)57-45(73)33(55)13-9-11-21-53/h15-18,27-30,33-38,42-43,65H,8-14,19-26,53-55H2,1-7H3,(H,56,74)(H,57,73)(H,58,75)(H,59,77)(H,60,76)(H,61,79)(H,62,80)(H,63,72)(H,64,78)(H,66,67)(H,68,69)(H,70,71)/t29-,30-,33-,34-,35-,36-,37-,38-,42-,43-/m0/s1. The highest BCUT2D eigenvalue weighted by Gasteiger charge is 2.37. The van der Waals surface area contributed by atoms with Crippen molar-refractivity contribution >= 4 is 71.1 Å². The van der Waals surface area contributed by atoms with Crippen LogP contribution in [-0.4, -0.2) is 166 Å². The Bertz CT molecular complexity index is 2250. The molecule has 0 saturated heterocycles. The molecule has 28 nitrogen and oxygen atoms in total. The molecule has 1 rings (SSSR count). The molecule has 19 N–H and O–H groups in total. The Hall–Kier alpha value is -7.46. The number of carbonyl (C=O) groups is 12. The summed E-state index contributed by atoms with van der Waals surface area (Å²) in [6.07, 6.45) is -0.165. The number of hydrogen-bond acceptors (Lipinski definition) is 16. The lowest BCUT2D eigenvalue weighted by Gasteiger charge is -2.30. The number of carboxylic acids is 3. The number of nitrogens with one attached hydrogen (secondary N) is 9. The summed E-state index contributed by atoms with van der Waals surface area (Å²) >= 11 is 0. The first kappa shape index (κ1) is 70.6. The first-order valence-corrected chi connectivity index (χ1v) is 26.8. The van der Waals surface area contributed by atoms with Gasteiger partial charge in [-0.05, 0) is 100 Å². The van der Waals surface area contributed by atoms with E-state index < -0.39 is 163 Å². The van der Waals surface area contributed by atoms with E-state index in [2.05, 4.69) is 47.9 Å². The maximum atomic E-state index is 14.5. The summed E-state index contributed by atoms with van der Waals surface area (Å²) in [6.45, 7) is 11.3. The predicted octanol–water partition coefficient (Wildman–Crippen LogP) is -2.29. The molecular formula is C52H86N12O16. The topological polar surface area (TPSA) is 472 Å². The molecule has 0 bridgehead atoms. The SMILES string of the molecule is CC[C@H](C)[C@H](NC(=O)[C@H](Cc1ccc(O)cc1)NC(=O)[C@H](CC(C)C)NC(=O)[C@@H](NC(=O)[C@H](C)NC(=O)[C@@H](N)CCCCN)C(C)C)C(=O)N[C@@H](CC(=O)O)C(=O)N[C@@H](CCC(=O)O)C(=O)N[C@@H](CCCCN)C(=O)NCC(=O)O. The van der Waals surface area contributed by atoms with Gasteiger partial charge in [0.1, 0.15) is 60.6 Å². The number of amides is 9. The molecule has 0 saturated carbocycles. The second-order valence-electron chi connectivity index (χ2n) is 20.5. The van der Waals surface area contributed by atoms with Crippen LogP contribution in [0.25, 0.3) is 0 Å². The molecule has 0 aromatic heterocycles. The second-order valence-corrected chi connectivity index (χ2v) is 20.5. The Balaban J connectivity index is 3.58. The molecule has 28 heteroatoms. The minimum absolute atomic E-state index is 0.0274. The maximum absolute atomic E-state index is 14.5. The minimum Gasteiger partial charge on any atom is -0.508 e. The van der Waals surface area contributed by atoms with Crippen LogP contribution in [0.15, 0.2) is 24.3 Å². The van der Waals surface area contributed by atoms with Gasteiger partial charge >= 0.3 is 17.9 Å². The van der Waals surface area contributed by atoms with E-state index >= 15 is 0 Å². The molecule has 10 atom stereocenters. The van der Waals surface area contributed by atoms with Gasteiger partial charge in [0.05, 0.1) is 12.5 Å². The van der Waals surface area contributed by atoms with Crippen LogP contribution >= 0.6 is 0 Å². The number of nitrogens with two attached hydrogens (primary N) is 3. The summed E-state index contributed by atoms with van der Waals surface area (Å²) in [4.78, 5) is 158. The van der Waals surface area contributed by atoms with Gasteiger partial charge in [0.15, 0.2) is 0 Å². The Labute approximate surface area is 465 Å². The zero-order valence-corrected chi connectivity index (χ0v) is 46.8. The van der Waals surface area contributed by atoms with Crippen molar-refractivity contribution in [1.82, 2.24) is 47.9 Å². The summed E-state index contributed by atoms with van der Waals surface area (Å²) in [7, 11) is 0. The molecule has 0 heterocycles. The fourth-order valence-corrected chi connectivity index (χ4v) is 7.88. The average molecular weight is 1140 g/mol. The third-order valence-corrected chi connectivity index (χ3v) is 12.7. The minimum atomic E-state index is -1.97. The number of rotatable bonds is 39. The smallest absolute Gasteiger partial charge is 0.322 e. The summed E-state index contributed by atoms with van der Waals surface area (Å²) in [5.74, 6) is -14.3. The lowest BCUT2D eigenvalue weighted by molar-refractivity contribution is -0.142. The molecule has 80 heavy (non-hydrogen) atoms. The van der Waals surface area contributed by atoms with Crippen LogP contribution in [0.5, 0.6) is 5.75 Å². The van der Waals surface area contributed by atoms with Crippen molar-refractivity contribution in [3.05, 3.63) is 29.8 Å². The van der Waals surface area contributed by atoms with Crippen LogP contribution in [0, 0.1) is 17.8 Å². The molecule has 0 radical (unpaired) electrons. The van der Waals surface area contributed by atoms with Crippen LogP contribution in [-0.2, 0) is 64.0 Å². The van der Waals surface area contributed by atoms with E-state index in [0.29, 0.717) is 37.8 Å².